The lowest BCUT2D eigenvalue weighted by molar-refractivity contribution is -0.139. The zero-order chi connectivity index (χ0) is 10.6. The van der Waals surface area contributed by atoms with Crippen molar-refractivity contribution in [2.45, 2.75) is 20.3 Å². The number of nitrogens with zero attached hydrogens (tertiary/aromatic N) is 1. The van der Waals surface area contributed by atoms with Gasteiger partial charge in [-0.15, -0.1) is 12.4 Å². The summed E-state index contributed by atoms with van der Waals surface area (Å²) in [5.74, 6) is -0.198. The van der Waals surface area contributed by atoms with Crippen molar-refractivity contribution in [2.24, 2.45) is 0 Å². The Morgan fingerprint density at radius 2 is 2.20 bits per heavy atom. The number of carbonyl (C=O) groups excluding carboxylic acids is 1. The number of ether oxygens (including phenoxy) is 1. The van der Waals surface area contributed by atoms with E-state index in [1.807, 2.05) is 6.92 Å². The highest BCUT2D eigenvalue weighted by atomic mass is 35.5. The molecule has 0 aromatic rings. The fourth-order valence-electron chi connectivity index (χ4n) is 1.48. The molecule has 88 valence electrons. The van der Waals surface area contributed by atoms with Crippen LogP contribution in [0.4, 0.5) is 0 Å². The van der Waals surface area contributed by atoms with Gasteiger partial charge < -0.3 is 9.84 Å². The third kappa shape index (κ3) is 3.72. The maximum Gasteiger partial charge on any atom is 0.338 e. The molecule has 0 aromatic carbocycles. The van der Waals surface area contributed by atoms with Crippen LogP contribution in [0.25, 0.3) is 0 Å². The van der Waals surface area contributed by atoms with E-state index in [0.717, 1.165) is 13.1 Å². The van der Waals surface area contributed by atoms with Crippen LogP contribution in [0.3, 0.4) is 0 Å². The van der Waals surface area contributed by atoms with E-state index in [-0.39, 0.29) is 24.1 Å². The molecule has 15 heavy (non-hydrogen) atoms. The van der Waals surface area contributed by atoms with Crippen LogP contribution >= 0.6 is 12.4 Å². The first-order chi connectivity index (χ1) is 6.69. The van der Waals surface area contributed by atoms with E-state index in [2.05, 4.69) is 4.90 Å². The van der Waals surface area contributed by atoms with Crippen molar-refractivity contribution < 1.29 is 14.6 Å². The second-order valence-corrected chi connectivity index (χ2v) is 3.26. The monoisotopic (exact) mass is 235 g/mol. The Hall–Kier alpha value is -0.740. The minimum atomic E-state index is -0.386. The largest absolute Gasteiger partial charge is 0.512 e. The molecule has 0 saturated carbocycles. The highest BCUT2D eigenvalue weighted by molar-refractivity contribution is 5.89. The predicted octanol–water partition coefficient (Wildman–Crippen LogP) is 1.51. The maximum absolute atomic E-state index is 11.4. The fraction of sp³-hybridized carbons (Fsp3) is 0.700. The van der Waals surface area contributed by atoms with E-state index in [9.17, 15) is 9.90 Å². The van der Waals surface area contributed by atoms with Crippen molar-refractivity contribution in [3.05, 3.63) is 11.3 Å². The highest BCUT2D eigenvalue weighted by Crippen LogP contribution is 2.16. The van der Waals surface area contributed by atoms with Gasteiger partial charge in [0.25, 0.3) is 0 Å². The first-order valence-electron chi connectivity index (χ1n) is 4.99. The third-order valence-electron chi connectivity index (χ3n) is 2.36. The maximum atomic E-state index is 11.4. The minimum absolute atomic E-state index is 0. The van der Waals surface area contributed by atoms with Crippen molar-refractivity contribution in [3.8, 4) is 0 Å². The van der Waals surface area contributed by atoms with Crippen LogP contribution in [-0.2, 0) is 9.53 Å². The normalized spacial score (nSPS) is 17.2. The van der Waals surface area contributed by atoms with E-state index in [4.69, 9.17) is 4.74 Å². The second-order valence-electron chi connectivity index (χ2n) is 3.26. The summed E-state index contributed by atoms with van der Waals surface area (Å²) in [5.41, 5.74) is 0.417. The van der Waals surface area contributed by atoms with Crippen LogP contribution in [0.5, 0.6) is 0 Å². The number of rotatable bonds is 3. The summed E-state index contributed by atoms with van der Waals surface area (Å²) in [6.07, 6.45) is 0.544. The zero-order valence-electron chi connectivity index (χ0n) is 9.15. The van der Waals surface area contributed by atoms with Crippen molar-refractivity contribution in [1.82, 2.24) is 4.90 Å². The molecule has 0 fully saturated rings. The SMILES string of the molecule is CCOC(=O)C1=C(O)CCN(CC)C1.Cl. The van der Waals surface area contributed by atoms with Gasteiger partial charge in [0.2, 0.25) is 0 Å². The number of hydrogen-bond donors (Lipinski definition) is 1. The Morgan fingerprint density at radius 1 is 1.53 bits per heavy atom. The Kier molecular flexibility index (Phi) is 6.36. The molecular formula is C10H18ClNO3. The molecule has 1 aliphatic heterocycles. The Balaban J connectivity index is 0.00000196. The van der Waals surface area contributed by atoms with Crippen molar-refractivity contribution in [3.63, 3.8) is 0 Å². The lowest BCUT2D eigenvalue weighted by Crippen LogP contribution is -2.34. The summed E-state index contributed by atoms with van der Waals surface area (Å²) < 4.78 is 4.86. The van der Waals surface area contributed by atoms with Gasteiger partial charge in [0.1, 0.15) is 5.76 Å². The van der Waals surface area contributed by atoms with Crippen LogP contribution in [0.1, 0.15) is 20.3 Å². The van der Waals surface area contributed by atoms with Gasteiger partial charge in [-0.1, -0.05) is 6.92 Å². The second kappa shape index (κ2) is 6.69. The minimum Gasteiger partial charge on any atom is -0.512 e. The molecule has 0 aliphatic carbocycles. The first kappa shape index (κ1) is 14.3. The molecule has 0 aromatic heterocycles. The Labute approximate surface area is 96.3 Å². The molecule has 5 heteroatoms. The molecule has 1 aliphatic rings. The zero-order valence-corrected chi connectivity index (χ0v) is 9.97. The topological polar surface area (TPSA) is 49.8 Å². The number of halogens is 1. The van der Waals surface area contributed by atoms with Gasteiger partial charge in [0, 0.05) is 19.5 Å². The van der Waals surface area contributed by atoms with Crippen LogP contribution in [0.15, 0.2) is 11.3 Å². The van der Waals surface area contributed by atoms with Gasteiger partial charge in [0.15, 0.2) is 0 Å². The summed E-state index contributed by atoms with van der Waals surface area (Å²) >= 11 is 0. The lowest BCUT2D eigenvalue weighted by atomic mass is 10.1. The average Bonchev–Trinajstić information content (AvgIpc) is 2.19. The van der Waals surface area contributed by atoms with Gasteiger partial charge in [-0.05, 0) is 13.5 Å². The van der Waals surface area contributed by atoms with Crippen molar-refractivity contribution >= 4 is 18.4 Å². The number of hydrogen-bond acceptors (Lipinski definition) is 4. The van der Waals surface area contributed by atoms with E-state index >= 15 is 0 Å². The van der Waals surface area contributed by atoms with Crippen molar-refractivity contribution in [2.75, 3.05) is 26.2 Å². The smallest absolute Gasteiger partial charge is 0.338 e. The molecule has 0 saturated heterocycles. The molecule has 4 nitrogen and oxygen atoms in total. The quantitative estimate of drug-likeness (QED) is 0.754. The number of aliphatic hydroxyl groups is 1. The molecule has 0 amide bonds. The van der Waals surface area contributed by atoms with Gasteiger partial charge >= 0.3 is 5.97 Å². The van der Waals surface area contributed by atoms with Crippen LogP contribution < -0.4 is 0 Å². The van der Waals surface area contributed by atoms with Crippen LogP contribution in [0.2, 0.25) is 0 Å². The third-order valence-corrected chi connectivity index (χ3v) is 2.36. The molecule has 0 spiro atoms. The number of aliphatic hydroxyl groups excluding tert-OH is 1. The molecule has 0 bridgehead atoms. The molecule has 0 atom stereocenters. The Morgan fingerprint density at radius 3 is 2.73 bits per heavy atom. The van der Waals surface area contributed by atoms with Gasteiger partial charge in [0.05, 0.1) is 12.2 Å². The summed E-state index contributed by atoms with van der Waals surface area (Å²) in [7, 11) is 0. The summed E-state index contributed by atoms with van der Waals surface area (Å²) in [5, 5.41) is 9.53. The van der Waals surface area contributed by atoms with Crippen molar-refractivity contribution in [1.29, 1.82) is 0 Å². The van der Waals surface area contributed by atoms with Crippen LogP contribution in [-0.4, -0.2) is 42.2 Å². The number of esters is 1. The van der Waals surface area contributed by atoms with E-state index in [1.165, 1.54) is 0 Å². The fourth-order valence-corrected chi connectivity index (χ4v) is 1.48. The summed E-state index contributed by atoms with van der Waals surface area (Å²) in [6.45, 7) is 6.34. The molecular weight excluding hydrogens is 218 g/mol. The average molecular weight is 236 g/mol. The highest BCUT2D eigenvalue weighted by Gasteiger charge is 2.23. The number of carbonyl (C=O) groups is 1. The number of likely N-dealkylation sites (N-methyl/N-ethyl adjacent to an activating group) is 1. The van der Waals surface area contributed by atoms with Gasteiger partial charge in [-0.3, -0.25) is 4.90 Å². The predicted molar refractivity (Wildman–Crippen MR) is 60.3 cm³/mol. The molecule has 0 radical (unpaired) electrons. The van der Waals surface area contributed by atoms with Crippen LogP contribution in [0, 0.1) is 0 Å². The van der Waals surface area contributed by atoms with Gasteiger partial charge in [-0.2, -0.15) is 0 Å². The molecule has 1 rings (SSSR count). The van der Waals surface area contributed by atoms with E-state index in [1.54, 1.807) is 6.92 Å². The van der Waals surface area contributed by atoms with E-state index < -0.39 is 0 Å². The van der Waals surface area contributed by atoms with E-state index in [0.29, 0.717) is 25.1 Å². The van der Waals surface area contributed by atoms with Gasteiger partial charge in [-0.25, -0.2) is 4.79 Å². The first-order valence-corrected chi connectivity index (χ1v) is 4.99. The molecule has 1 heterocycles. The Bertz CT molecular complexity index is 253. The lowest BCUT2D eigenvalue weighted by Gasteiger charge is -2.26. The standard InChI is InChI=1S/C10H17NO3.ClH/c1-3-11-6-5-9(12)8(7-11)10(13)14-4-2;/h12H,3-7H2,1-2H3;1H. The summed E-state index contributed by atoms with van der Waals surface area (Å²) in [4.78, 5) is 13.5. The molecule has 1 N–H and O–H groups in total. The summed E-state index contributed by atoms with van der Waals surface area (Å²) in [6, 6.07) is 0. The molecule has 0 unspecified atom stereocenters.